The van der Waals surface area contributed by atoms with E-state index >= 15 is 0 Å². The molecule has 3 aromatic rings. The van der Waals surface area contributed by atoms with Crippen LogP contribution in [0.3, 0.4) is 0 Å². The summed E-state index contributed by atoms with van der Waals surface area (Å²) >= 11 is 7.34. The summed E-state index contributed by atoms with van der Waals surface area (Å²) in [5.41, 5.74) is 1.49. The average molecular weight is 353 g/mol. The van der Waals surface area contributed by atoms with Crippen molar-refractivity contribution in [3.63, 3.8) is 0 Å². The van der Waals surface area contributed by atoms with Crippen LogP contribution < -0.4 is 4.72 Å². The van der Waals surface area contributed by atoms with E-state index in [0.29, 0.717) is 10.6 Å². The van der Waals surface area contributed by atoms with Crippen molar-refractivity contribution in [1.29, 1.82) is 0 Å². The van der Waals surface area contributed by atoms with E-state index in [1.807, 2.05) is 24.3 Å². The zero-order valence-corrected chi connectivity index (χ0v) is 14.1. The van der Waals surface area contributed by atoms with Crippen LogP contribution in [0, 0.1) is 6.92 Å². The number of nitrogens with one attached hydrogen (secondary N) is 1. The number of hydrogen-bond donors (Lipinski definition) is 1. The van der Waals surface area contributed by atoms with Gasteiger partial charge in [0.25, 0.3) is 0 Å². The van der Waals surface area contributed by atoms with Crippen molar-refractivity contribution < 1.29 is 8.42 Å². The number of fused-ring (bicyclic) bond motifs is 1. The number of aromatic nitrogens is 1. The number of nitrogens with zero attached hydrogens (tertiary/aromatic N) is 1. The molecular weight excluding hydrogens is 340 g/mol. The van der Waals surface area contributed by atoms with Crippen molar-refractivity contribution in [3.8, 4) is 0 Å². The number of benzene rings is 2. The molecule has 0 atom stereocenters. The second-order valence-corrected chi connectivity index (χ2v) is 8.10. The van der Waals surface area contributed by atoms with E-state index in [4.69, 9.17) is 11.6 Å². The molecule has 0 bridgehead atoms. The highest BCUT2D eigenvalue weighted by Crippen LogP contribution is 2.23. The van der Waals surface area contributed by atoms with Crippen LogP contribution >= 0.6 is 22.9 Å². The summed E-state index contributed by atoms with van der Waals surface area (Å²) in [7, 11) is -3.59. The van der Waals surface area contributed by atoms with Gasteiger partial charge in [0.15, 0.2) is 0 Å². The van der Waals surface area contributed by atoms with Gasteiger partial charge in [0.1, 0.15) is 5.01 Å². The van der Waals surface area contributed by atoms with Gasteiger partial charge in [0.2, 0.25) is 10.0 Å². The molecule has 0 fully saturated rings. The molecule has 2 aromatic carbocycles. The van der Waals surface area contributed by atoms with Crippen LogP contribution in [0.2, 0.25) is 5.02 Å². The molecule has 0 amide bonds. The summed E-state index contributed by atoms with van der Waals surface area (Å²) in [4.78, 5) is 4.65. The number of hydrogen-bond acceptors (Lipinski definition) is 4. The first-order chi connectivity index (χ1) is 10.5. The van der Waals surface area contributed by atoms with Gasteiger partial charge in [0, 0.05) is 5.02 Å². The fraction of sp³-hybridized carbons (Fsp3) is 0.133. The average Bonchev–Trinajstić information content (AvgIpc) is 2.87. The van der Waals surface area contributed by atoms with Gasteiger partial charge in [0.05, 0.1) is 21.7 Å². The van der Waals surface area contributed by atoms with Gasteiger partial charge >= 0.3 is 0 Å². The van der Waals surface area contributed by atoms with Gasteiger partial charge in [-0.3, -0.25) is 0 Å². The molecule has 0 saturated carbocycles. The minimum atomic E-state index is -3.59. The second-order valence-electron chi connectivity index (χ2n) is 4.81. The van der Waals surface area contributed by atoms with Crippen molar-refractivity contribution in [1.82, 2.24) is 9.71 Å². The molecule has 0 saturated heterocycles. The molecule has 0 aliphatic heterocycles. The Morgan fingerprint density at radius 1 is 1.23 bits per heavy atom. The van der Waals surface area contributed by atoms with Crippen LogP contribution in [-0.2, 0) is 16.6 Å². The third-order valence-electron chi connectivity index (χ3n) is 3.18. The van der Waals surface area contributed by atoms with Crippen molar-refractivity contribution in [2.24, 2.45) is 0 Å². The quantitative estimate of drug-likeness (QED) is 0.778. The molecule has 1 aromatic heterocycles. The zero-order chi connectivity index (χ0) is 15.7. The van der Waals surface area contributed by atoms with Gasteiger partial charge in [-0.25, -0.2) is 18.1 Å². The van der Waals surface area contributed by atoms with Crippen molar-refractivity contribution in [3.05, 3.63) is 58.1 Å². The molecule has 3 rings (SSSR count). The Balaban J connectivity index is 1.82. The Hall–Kier alpha value is -1.47. The number of rotatable bonds is 4. The molecular formula is C15H13ClN2O2S2. The first kappa shape index (κ1) is 15.4. The predicted octanol–water partition coefficient (Wildman–Crippen LogP) is 3.74. The maximum absolute atomic E-state index is 12.4. The van der Waals surface area contributed by atoms with Crippen molar-refractivity contribution in [2.75, 3.05) is 0 Å². The van der Waals surface area contributed by atoms with Gasteiger partial charge in [-0.05, 0) is 42.8 Å². The van der Waals surface area contributed by atoms with E-state index < -0.39 is 10.0 Å². The van der Waals surface area contributed by atoms with E-state index in [1.54, 1.807) is 19.1 Å². The maximum atomic E-state index is 12.4. The fourth-order valence-electron chi connectivity index (χ4n) is 2.14. The van der Waals surface area contributed by atoms with Gasteiger partial charge in [-0.1, -0.05) is 23.7 Å². The van der Waals surface area contributed by atoms with E-state index in [9.17, 15) is 8.42 Å². The molecule has 1 N–H and O–H groups in total. The summed E-state index contributed by atoms with van der Waals surface area (Å²) in [5, 5.41) is 1.25. The zero-order valence-electron chi connectivity index (χ0n) is 11.7. The normalized spacial score (nSPS) is 11.9. The largest absolute Gasteiger partial charge is 0.241 e. The first-order valence-corrected chi connectivity index (χ1v) is 9.24. The van der Waals surface area contributed by atoms with E-state index in [2.05, 4.69) is 9.71 Å². The van der Waals surface area contributed by atoms with Crippen LogP contribution in [-0.4, -0.2) is 13.4 Å². The summed E-state index contributed by atoms with van der Waals surface area (Å²) < 4.78 is 28.4. The number of thiazole rings is 1. The highest BCUT2D eigenvalue weighted by molar-refractivity contribution is 7.89. The van der Waals surface area contributed by atoms with Crippen LogP contribution in [0.25, 0.3) is 10.2 Å². The molecule has 7 heteroatoms. The number of aryl methyl sites for hydroxylation is 1. The molecule has 0 radical (unpaired) electrons. The fourth-order valence-corrected chi connectivity index (χ4v) is 4.58. The maximum Gasteiger partial charge on any atom is 0.241 e. The van der Waals surface area contributed by atoms with E-state index in [0.717, 1.165) is 15.2 Å². The first-order valence-electron chi connectivity index (χ1n) is 6.56. The van der Waals surface area contributed by atoms with Crippen molar-refractivity contribution >= 4 is 43.2 Å². The molecule has 0 aliphatic carbocycles. The molecule has 4 nitrogen and oxygen atoms in total. The number of halogens is 1. The summed E-state index contributed by atoms with van der Waals surface area (Å²) in [6.07, 6.45) is 0. The Labute approximate surface area is 137 Å². The molecule has 0 spiro atoms. The molecule has 0 unspecified atom stereocenters. The van der Waals surface area contributed by atoms with Gasteiger partial charge in [-0.15, -0.1) is 11.3 Å². The second kappa shape index (κ2) is 5.96. The standard InChI is InChI=1S/C15H13ClN2O2S2/c1-10-8-11(16)6-7-14(10)22(19,20)17-9-15-18-12-4-2-3-5-13(12)21-15/h2-8,17H,9H2,1H3. The molecule has 0 aliphatic rings. The Kier molecular flexibility index (Phi) is 4.18. The summed E-state index contributed by atoms with van der Waals surface area (Å²) in [6.45, 7) is 1.89. The molecule has 114 valence electrons. The predicted molar refractivity (Wildman–Crippen MR) is 89.8 cm³/mol. The smallest absolute Gasteiger partial charge is 0.240 e. The lowest BCUT2D eigenvalue weighted by atomic mass is 10.2. The van der Waals surface area contributed by atoms with Crippen LogP contribution in [0.5, 0.6) is 0 Å². The highest BCUT2D eigenvalue weighted by Gasteiger charge is 2.17. The van der Waals surface area contributed by atoms with Crippen LogP contribution in [0.4, 0.5) is 0 Å². The molecule has 1 heterocycles. The van der Waals surface area contributed by atoms with Gasteiger partial charge < -0.3 is 0 Å². The Morgan fingerprint density at radius 2 is 2.00 bits per heavy atom. The lowest BCUT2D eigenvalue weighted by Crippen LogP contribution is -2.23. The topological polar surface area (TPSA) is 59.1 Å². The van der Waals surface area contributed by atoms with Crippen molar-refractivity contribution in [2.45, 2.75) is 18.4 Å². The number of sulfonamides is 1. The Morgan fingerprint density at radius 3 is 2.73 bits per heavy atom. The highest BCUT2D eigenvalue weighted by atomic mass is 35.5. The van der Waals surface area contributed by atoms with Crippen LogP contribution in [0.15, 0.2) is 47.4 Å². The SMILES string of the molecule is Cc1cc(Cl)ccc1S(=O)(=O)NCc1nc2ccccc2s1. The third-order valence-corrected chi connectivity index (χ3v) is 6.01. The Bertz CT molecular complexity index is 903. The minimum Gasteiger partial charge on any atom is -0.240 e. The lowest BCUT2D eigenvalue weighted by Gasteiger charge is -2.08. The summed E-state index contributed by atoms with van der Waals surface area (Å²) in [6, 6.07) is 12.4. The minimum absolute atomic E-state index is 0.170. The third kappa shape index (κ3) is 3.15. The summed E-state index contributed by atoms with van der Waals surface area (Å²) in [5.74, 6) is 0. The molecule has 22 heavy (non-hydrogen) atoms. The van der Waals surface area contributed by atoms with E-state index in [1.165, 1.54) is 17.4 Å². The number of para-hydroxylation sites is 1. The van der Waals surface area contributed by atoms with E-state index in [-0.39, 0.29) is 11.4 Å². The monoisotopic (exact) mass is 352 g/mol. The van der Waals surface area contributed by atoms with Gasteiger partial charge in [-0.2, -0.15) is 0 Å². The van der Waals surface area contributed by atoms with Crippen LogP contribution in [0.1, 0.15) is 10.6 Å². The lowest BCUT2D eigenvalue weighted by molar-refractivity contribution is 0.580.